The molecule has 0 atom stereocenters. The fraction of sp³-hybridized carbons (Fsp3) is 0.158. The molecule has 1 aliphatic heterocycles. The smallest absolute Gasteiger partial charge is 0.283 e. The van der Waals surface area contributed by atoms with Crippen LogP contribution in [0.15, 0.2) is 47.1 Å². The third-order valence-corrected chi connectivity index (χ3v) is 4.83. The first-order chi connectivity index (χ1) is 13.0. The van der Waals surface area contributed by atoms with E-state index in [9.17, 15) is 9.18 Å². The van der Waals surface area contributed by atoms with E-state index in [-0.39, 0.29) is 16.6 Å². The number of anilines is 1. The highest BCUT2D eigenvalue weighted by molar-refractivity contribution is 8.13. The zero-order valence-corrected chi connectivity index (χ0v) is 16.4. The first-order valence-corrected chi connectivity index (χ1v) is 9.45. The summed E-state index contributed by atoms with van der Waals surface area (Å²) < 4.78 is 24.2. The van der Waals surface area contributed by atoms with E-state index in [0.717, 1.165) is 0 Å². The van der Waals surface area contributed by atoms with E-state index in [0.29, 0.717) is 27.9 Å². The number of hydrogen-bond donors (Lipinski definition) is 0. The molecule has 27 heavy (non-hydrogen) atoms. The molecule has 0 radical (unpaired) electrons. The van der Waals surface area contributed by atoms with Gasteiger partial charge in [0.2, 0.25) is 0 Å². The van der Waals surface area contributed by atoms with Gasteiger partial charge in [0, 0.05) is 5.56 Å². The molecular formula is C19H16ClFN2O3S. The van der Waals surface area contributed by atoms with Gasteiger partial charge in [0.25, 0.3) is 5.91 Å². The number of thioether (sulfide) groups is 1. The second kappa shape index (κ2) is 8.02. The molecule has 1 amide bonds. The summed E-state index contributed by atoms with van der Waals surface area (Å²) in [5.41, 5.74) is 1.33. The lowest BCUT2D eigenvalue weighted by Crippen LogP contribution is -2.30. The molecule has 0 N–H and O–H groups in total. The van der Waals surface area contributed by atoms with Crippen LogP contribution in [0.5, 0.6) is 11.5 Å². The zero-order valence-electron chi connectivity index (χ0n) is 14.8. The van der Waals surface area contributed by atoms with E-state index in [4.69, 9.17) is 21.1 Å². The summed E-state index contributed by atoms with van der Waals surface area (Å²) in [7, 11) is 3.07. The highest BCUT2D eigenvalue weighted by atomic mass is 35.5. The minimum absolute atomic E-state index is 0.0624. The number of amidine groups is 1. The molecule has 1 heterocycles. The Kier molecular flexibility index (Phi) is 5.72. The number of para-hydroxylation sites is 1. The van der Waals surface area contributed by atoms with Crippen LogP contribution in [0.4, 0.5) is 10.1 Å². The van der Waals surface area contributed by atoms with Gasteiger partial charge in [-0.15, -0.1) is 0 Å². The molecule has 5 nitrogen and oxygen atoms in total. The fourth-order valence-electron chi connectivity index (χ4n) is 2.66. The number of nitrogens with zero attached hydrogens (tertiary/aromatic N) is 2. The molecule has 0 unspecified atom stereocenters. The molecule has 0 aromatic heterocycles. The molecule has 8 heteroatoms. The zero-order chi connectivity index (χ0) is 19.6. The Morgan fingerprint density at radius 3 is 2.63 bits per heavy atom. The first-order valence-electron chi connectivity index (χ1n) is 7.85. The minimum atomic E-state index is -0.549. The lowest BCUT2D eigenvalue weighted by molar-refractivity contribution is -0.113. The van der Waals surface area contributed by atoms with E-state index < -0.39 is 5.82 Å². The minimum Gasteiger partial charge on any atom is -0.493 e. The van der Waals surface area contributed by atoms with E-state index in [1.165, 1.54) is 42.0 Å². The van der Waals surface area contributed by atoms with Crippen molar-refractivity contribution in [2.45, 2.75) is 0 Å². The molecule has 3 rings (SSSR count). The van der Waals surface area contributed by atoms with E-state index in [2.05, 4.69) is 4.99 Å². The fourth-order valence-corrected chi connectivity index (χ4v) is 3.39. The maximum Gasteiger partial charge on any atom is 0.283 e. The summed E-state index contributed by atoms with van der Waals surface area (Å²) in [5.74, 6) is 0.163. The number of halogens is 2. The second-order valence-electron chi connectivity index (χ2n) is 5.45. The van der Waals surface area contributed by atoms with Gasteiger partial charge >= 0.3 is 0 Å². The largest absolute Gasteiger partial charge is 0.493 e. The van der Waals surface area contributed by atoms with Crippen LogP contribution in [0.2, 0.25) is 5.02 Å². The molecule has 0 saturated carbocycles. The molecule has 0 fully saturated rings. The van der Waals surface area contributed by atoms with Crippen LogP contribution in [0.1, 0.15) is 5.56 Å². The highest BCUT2D eigenvalue weighted by Gasteiger charge is 2.32. The Morgan fingerprint density at radius 1 is 1.22 bits per heavy atom. The number of benzene rings is 2. The summed E-state index contributed by atoms with van der Waals surface area (Å²) in [4.78, 5) is 18.8. The SMILES string of the molecule is COc1cccc(C=C2N=C(SC)N(c3ccc(F)c(Cl)c3)C2=O)c1OC. The summed E-state index contributed by atoms with van der Waals surface area (Å²) >= 11 is 7.17. The van der Waals surface area contributed by atoms with Crippen molar-refractivity contribution in [3.8, 4) is 11.5 Å². The van der Waals surface area contributed by atoms with Crippen molar-refractivity contribution in [3.63, 3.8) is 0 Å². The van der Waals surface area contributed by atoms with Crippen LogP contribution >= 0.6 is 23.4 Å². The number of hydrogen-bond acceptors (Lipinski definition) is 5. The maximum atomic E-state index is 13.5. The first kappa shape index (κ1) is 19.3. The Labute approximate surface area is 165 Å². The van der Waals surface area contributed by atoms with Crippen molar-refractivity contribution in [2.75, 3.05) is 25.4 Å². The van der Waals surface area contributed by atoms with Crippen molar-refractivity contribution in [1.82, 2.24) is 0 Å². The average molecular weight is 407 g/mol. The van der Waals surface area contributed by atoms with Crippen LogP contribution < -0.4 is 14.4 Å². The van der Waals surface area contributed by atoms with Crippen molar-refractivity contribution in [3.05, 3.63) is 58.5 Å². The third-order valence-electron chi connectivity index (χ3n) is 3.90. The summed E-state index contributed by atoms with van der Waals surface area (Å²) in [5, 5.41) is 0.406. The predicted octanol–water partition coefficient (Wildman–Crippen LogP) is 4.60. The van der Waals surface area contributed by atoms with Crippen molar-refractivity contribution in [1.29, 1.82) is 0 Å². The molecule has 2 aromatic rings. The number of carbonyl (C=O) groups excluding carboxylic acids is 1. The van der Waals surface area contributed by atoms with Crippen LogP contribution in [0, 0.1) is 5.82 Å². The lowest BCUT2D eigenvalue weighted by atomic mass is 10.1. The average Bonchev–Trinajstić information content (AvgIpc) is 2.99. The van der Waals surface area contributed by atoms with Crippen LogP contribution in [-0.2, 0) is 4.79 Å². The molecule has 0 spiro atoms. The Balaban J connectivity index is 2.04. The summed E-state index contributed by atoms with van der Waals surface area (Å²) in [6.45, 7) is 0. The molecule has 1 aliphatic rings. The number of rotatable bonds is 4. The Hall–Kier alpha value is -2.51. The molecule has 2 aromatic carbocycles. The number of aliphatic imine (C=N–C) groups is 1. The Bertz CT molecular complexity index is 962. The standard InChI is InChI=1S/C19H16ClFN2O3S/c1-25-16-6-4-5-11(17(16)26-2)9-15-18(24)23(19(22-15)27-3)12-7-8-14(21)13(20)10-12/h4-10H,1-3H3. The van der Waals surface area contributed by atoms with Gasteiger partial charge in [-0.05, 0) is 36.6 Å². The van der Waals surface area contributed by atoms with Crippen molar-refractivity contribution < 1.29 is 18.7 Å². The Morgan fingerprint density at radius 2 is 2.00 bits per heavy atom. The van der Waals surface area contributed by atoms with Gasteiger partial charge in [-0.1, -0.05) is 35.5 Å². The highest BCUT2D eigenvalue weighted by Crippen LogP contribution is 2.35. The molecule has 0 bridgehead atoms. The van der Waals surface area contributed by atoms with Gasteiger partial charge in [-0.25, -0.2) is 9.38 Å². The van der Waals surface area contributed by atoms with Gasteiger partial charge in [0.05, 0.1) is 24.9 Å². The van der Waals surface area contributed by atoms with E-state index >= 15 is 0 Å². The summed E-state index contributed by atoms with van der Waals surface area (Å²) in [6.07, 6.45) is 3.43. The normalized spacial score (nSPS) is 15.3. The maximum absolute atomic E-state index is 13.5. The number of amides is 1. The second-order valence-corrected chi connectivity index (χ2v) is 6.63. The summed E-state index contributed by atoms with van der Waals surface area (Å²) in [6, 6.07) is 9.46. The number of carbonyl (C=O) groups is 1. The lowest BCUT2D eigenvalue weighted by Gasteiger charge is -2.17. The van der Waals surface area contributed by atoms with Gasteiger partial charge < -0.3 is 9.47 Å². The van der Waals surface area contributed by atoms with Crippen LogP contribution in [0.25, 0.3) is 6.08 Å². The van der Waals surface area contributed by atoms with E-state index in [1.807, 2.05) is 0 Å². The number of ether oxygens (including phenoxy) is 2. The molecular weight excluding hydrogens is 391 g/mol. The third kappa shape index (κ3) is 3.65. The quantitative estimate of drug-likeness (QED) is 0.696. The molecule has 140 valence electrons. The topological polar surface area (TPSA) is 51.1 Å². The van der Waals surface area contributed by atoms with Gasteiger partial charge in [-0.2, -0.15) is 0 Å². The molecule has 0 saturated heterocycles. The predicted molar refractivity (Wildman–Crippen MR) is 107 cm³/mol. The van der Waals surface area contributed by atoms with Gasteiger partial charge in [-0.3, -0.25) is 9.69 Å². The van der Waals surface area contributed by atoms with E-state index in [1.54, 1.807) is 37.6 Å². The van der Waals surface area contributed by atoms with Crippen molar-refractivity contribution >= 4 is 46.2 Å². The molecule has 0 aliphatic carbocycles. The monoisotopic (exact) mass is 406 g/mol. The number of methoxy groups -OCH3 is 2. The van der Waals surface area contributed by atoms with Gasteiger partial charge in [0.15, 0.2) is 16.7 Å². The van der Waals surface area contributed by atoms with Crippen molar-refractivity contribution in [2.24, 2.45) is 4.99 Å². The van der Waals surface area contributed by atoms with Crippen LogP contribution in [0.3, 0.4) is 0 Å². The van der Waals surface area contributed by atoms with Gasteiger partial charge in [0.1, 0.15) is 11.5 Å². The van der Waals surface area contributed by atoms with Crippen LogP contribution in [-0.4, -0.2) is 31.6 Å².